The van der Waals surface area contributed by atoms with Crippen molar-refractivity contribution in [3.8, 4) is 0 Å². The average Bonchev–Trinajstić information content (AvgIpc) is 2.95. The molecular formula is C12H17N3OS. The van der Waals surface area contributed by atoms with E-state index in [0.29, 0.717) is 0 Å². The summed E-state index contributed by atoms with van der Waals surface area (Å²) in [7, 11) is 0. The van der Waals surface area contributed by atoms with E-state index in [4.69, 9.17) is 4.74 Å². The Hall–Kier alpha value is -0.680. The van der Waals surface area contributed by atoms with Gasteiger partial charge in [0.1, 0.15) is 5.01 Å². The summed E-state index contributed by atoms with van der Waals surface area (Å²) in [6, 6.07) is 0. The van der Waals surface area contributed by atoms with E-state index in [1.807, 2.05) is 6.92 Å². The molecule has 1 aromatic rings. The molecule has 4 rings (SSSR count). The molecule has 4 nitrogen and oxygen atoms in total. The molecule has 0 unspecified atom stereocenters. The molecule has 0 bridgehead atoms. The summed E-state index contributed by atoms with van der Waals surface area (Å²) in [5.41, 5.74) is 0. The van der Waals surface area contributed by atoms with Gasteiger partial charge in [-0.3, -0.25) is 0 Å². The summed E-state index contributed by atoms with van der Waals surface area (Å²) in [6.45, 7) is 6.39. The molecule has 5 heteroatoms. The van der Waals surface area contributed by atoms with Crippen LogP contribution in [0.3, 0.4) is 0 Å². The van der Waals surface area contributed by atoms with Gasteiger partial charge in [-0.25, -0.2) is 0 Å². The zero-order valence-corrected chi connectivity index (χ0v) is 10.8. The molecular weight excluding hydrogens is 234 g/mol. The van der Waals surface area contributed by atoms with E-state index in [-0.39, 0.29) is 0 Å². The Bertz CT molecular complexity index is 435. The molecule has 3 heterocycles. The van der Waals surface area contributed by atoms with Gasteiger partial charge >= 0.3 is 0 Å². The van der Waals surface area contributed by atoms with Crippen molar-refractivity contribution in [2.45, 2.75) is 13.3 Å². The monoisotopic (exact) mass is 251 g/mol. The molecule has 2 aliphatic heterocycles. The number of aryl methyl sites for hydroxylation is 1. The molecule has 0 radical (unpaired) electrons. The normalized spacial score (nSPS) is 39.7. The van der Waals surface area contributed by atoms with Crippen LogP contribution in [-0.4, -0.2) is 36.5 Å². The van der Waals surface area contributed by atoms with Gasteiger partial charge in [-0.15, -0.1) is 10.2 Å². The summed E-state index contributed by atoms with van der Waals surface area (Å²) in [6.07, 6.45) is 1.36. The van der Waals surface area contributed by atoms with Crippen molar-refractivity contribution in [1.29, 1.82) is 0 Å². The first kappa shape index (κ1) is 10.3. The highest BCUT2D eigenvalue weighted by Gasteiger charge is 2.50. The lowest BCUT2D eigenvalue weighted by atomic mass is 9.91. The summed E-state index contributed by atoms with van der Waals surface area (Å²) in [4.78, 5) is 2.44. The van der Waals surface area contributed by atoms with Crippen molar-refractivity contribution in [2.24, 2.45) is 23.7 Å². The highest BCUT2D eigenvalue weighted by atomic mass is 32.1. The van der Waals surface area contributed by atoms with E-state index in [2.05, 4.69) is 15.1 Å². The Morgan fingerprint density at radius 3 is 2.94 bits per heavy atom. The number of hydrogen-bond acceptors (Lipinski definition) is 5. The van der Waals surface area contributed by atoms with Crippen molar-refractivity contribution in [2.75, 3.05) is 31.2 Å². The van der Waals surface area contributed by atoms with Crippen LogP contribution < -0.4 is 4.90 Å². The Kier molecular flexibility index (Phi) is 2.21. The minimum Gasteiger partial charge on any atom is -0.381 e. The van der Waals surface area contributed by atoms with Gasteiger partial charge in [-0.2, -0.15) is 0 Å². The van der Waals surface area contributed by atoms with Crippen LogP contribution in [-0.2, 0) is 4.74 Å². The van der Waals surface area contributed by atoms with Gasteiger partial charge in [0.25, 0.3) is 0 Å². The van der Waals surface area contributed by atoms with Gasteiger partial charge in [0.15, 0.2) is 0 Å². The van der Waals surface area contributed by atoms with Crippen molar-refractivity contribution >= 4 is 16.5 Å². The highest BCUT2D eigenvalue weighted by molar-refractivity contribution is 7.15. The fourth-order valence-corrected chi connectivity index (χ4v) is 4.63. The van der Waals surface area contributed by atoms with Crippen LogP contribution in [0.5, 0.6) is 0 Å². The van der Waals surface area contributed by atoms with Gasteiger partial charge in [0.05, 0.1) is 6.61 Å². The summed E-state index contributed by atoms with van der Waals surface area (Å²) in [5, 5.41) is 10.6. The van der Waals surface area contributed by atoms with Crippen LogP contribution in [0, 0.1) is 30.6 Å². The van der Waals surface area contributed by atoms with Gasteiger partial charge < -0.3 is 9.64 Å². The summed E-state index contributed by atoms with van der Waals surface area (Å²) < 4.78 is 5.62. The third kappa shape index (κ3) is 1.52. The number of aromatic nitrogens is 2. The van der Waals surface area contributed by atoms with Crippen LogP contribution in [0.2, 0.25) is 0 Å². The fraction of sp³-hybridized carbons (Fsp3) is 0.833. The Labute approximate surface area is 105 Å². The van der Waals surface area contributed by atoms with Gasteiger partial charge in [0.2, 0.25) is 5.13 Å². The van der Waals surface area contributed by atoms with Crippen LogP contribution in [0.15, 0.2) is 0 Å². The Morgan fingerprint density at radius 1 is 1.18 bits per heavy atom. The predicted octanol–water partition coefficient (Wildman–Crippen LogP) is 1.57. The first-order chi connectivity index (χ1) is 8.31. The molecule has 1 saturated carbocycles. The smallest absolute Gasteiger partial charge is 0.208 e. The second-order valence-electron chi connectivity index (χ2n) is 5.63. The number of nitrogens with zero attached hydrogens (tertiary/aromatic N) is 3. The first-order valence-corrected chi connectivity index (χ1v) is 7.25. The maximum absolute atomic E-state index is 5.62. The van der Waals surface area contributed by atoms with Crippen LogP contribution in [0.4, 0.5) is 5.13 Å². The molecule has 1 aliphatic carbocycles. The number of anilines is 1. The van der Waals surface area contributed by atoms with E-state index >= 15 is 0 Å². The van der Waals surface area contributed by atoms with E-state index < -0.39 is 0 Å². The van der Waals surface area contributed by atoms with Crippen molar-refractivity contribution in [1.82, 2.24) is 10.2 Å². The Morgan fingerprint density at radius 2 is 2.12 bits per heavy atom. The lowest BCUT2D eigenvalue weighted by molar-refractivity contribution is 0.158. The van der Waals surface area contributed by atoms with Crippen LogP contribution in [0.1, 0.15) is 11.4 Å². The summed E-state index contributed by atoms with van der Waals surface area (Å²) in [5.74, 6) is 3.38. The van der Waals surface area contributed by atoms with Crippen LogP contribution >= 0.6 is 11.3 Å². The SMILES string of the molecule is Cc1nnc(N2C[C@@H]3C[C@@H]4COC[C@@H]4[C@@H]3C2)s1. The van der Waals surface area contributed by atoms with E-state index in [0.717, 1.165) is 47.0 Å². The minimum absolute atomic E-state index is 0.819. The van der Waals surface area contributed by atoms with E-state index in [1.54, 1.807) is 11.3 Å². The maximum Gasteiger partial charge on any atom is 0.208 e. The van der Waals surface area contributed by atoms with E-state index in [9.17, 15) is 0 Å². The number of rotatable bonds is 1. The molecule has 92 valence electrons. The third-order valence-corrected chi connectivity index (χ3v) is 5.58. The van der Waals surface area contributed by atoms with Crippen LogP contribution in [0.25, 0.3) is 0 Å². The van der Waals surface area contributed by atoms with Crippen molar-refractivity contribution in [3.05, 3.63) is 5.01 Å². The maximum atomic E-state index is 5.62. The van der Waals surface area contributed by atoms with Gasteiger partial charge in [-0.1, -0.05) is 11.3 Å². The summed E-state index contributed by atoms with van der Waals surface area (Å²) >= 11 is 1.72. The van der Waals surface area contributed by atoms with Gasteiger partial charge in [-0.05, 0) is 37.0 Å². The molecule has 0 N–H and O–H groups in total. The molecule has 2 saturated heterocycles. The second-order valence-corrected chi connectivity index (χ2v) is 6.79. The molecule has 3 fully saturated rings. The molecule has 1 aromatic heterocycles. The molecule has 17 heavy (non-hydrogen) atoms. The Balaban J connectivity index is 1.54. The van der Waals surface area contributed by atoms with Gasteiger partial charge in [0, 0.05) is 19.7 Å². The second kappa shape index (κ2) is 3.65. The fourth-order valence-electron chi connectivity index (χ4n) is 3.92. The topological polar surface area (TPSA) is 38.2 Å². The zero-order valence-electron chi connectivity index (χ0n) is 10.0. The molecule has 4 atom stereocenters. The molecule has 0 spiro atoms. The first-order valence-electron chi connectivity index (χ1n) is 6.44. The predicted molar refractivity (Wildman–Crippen MR) is 66.3 cm³/mol. The highest BCUT2D eigenvalue weighted by Crippen LogP contribution is 2.49. The number of hydrogen-bond donors (Lipinski definition) is 0. The standard InChI is InChI=1S/C12H17N3OS/c1-7-13-14-12(17-7)15-3-8-2-9-5-16-6-11(9)10(8)4-15/h8-11H,2-6H2,1H3/t8-,9+,10+,11-/m0/s1. The largest absolute Gasteiger partial charge is 0.381 e. The quantitative estimate of drug-likeness (QED) is 0.759. The lowest BCUT2D eigenvalue weighted by Gasteiger charge is -2.18. The molecule has 3 aliphatic rings. The van der Waals surface area contributed by atoms with Crippen molar-refractivity contribution < 1.29 is 4.74 Å². The molecule has 0 amide bonds. The van der Waals surface area contributed by atoms with E-state index in [1.165, 1.54) is 19.5 Å². The lowest BCUT2D eigenvalue weighted by Crippen LogP contribution is -2.24. The number of ether oxygens (including phenoxy) is 1. The third-order valence-electron chi connectivity index (χ3n) is 4.68. The number of fused-ring (bicyclic) bond motifs is 3. The van der Waals surface area contributed by atoms with Crippen molar-refractivity contribution in [3.63, 3.8) is 0 Å². The zero-order chi connectivity index (χ0) is 11.4. The minimum atomic E-state index is 0.819. The average molecular weight is 251 g/mol. The molecule has 0 aromatic carbocycles.